The highest BCUT2D eigenvalue weighted by atomic mass is 15.0. The smallest absolute Gasteiger partial charge is 0.140 e. The number of allylic oxidation sites excluding steroid dienone is 1. The minimum Gasteiger partial charge on any atom is -0.332 e. The van der Waals surface area contributed by atoms with Crippen LogP contribution in [0.1, 0.15) is 63.4 Å². The van der Waals surface area contributed by atoms with Crippen molar-refractivity contribution in [2.75, 3.05) is 0 Å². The van der Waals surface area contributed by atoms with Crippen LogP contribution in [0.15, 0.2) is 42.9 Å². The highest BCUT2D eigenvalue weighted by Crippen LogP contribution is 2.34. The largest absolute Gasteiger partial charge is 0.332 e. The molecule has 0 saturated carbocycles. The van der Waals surface area contributed by atoms with Crippen molar-refractivity contribution in [1.29, 1.82) is 0 Å². The normalized spacial score (nSPS) is 14.6. The molecular weight excluding hydrogens is 330 g/mol. The maximum Gasteiger partial charge on any atom is 0.140 e. The van der Waals surface area contributed by atoms with Crippen LogP contribution < -0.4 is 0 Å². The third-order valence-electron chi connectivity index (χ3n) is 5.69. The zero-order valence-electron chi connectivity index (χ0n) is 17.1. The maximum absolute atomic E-state index is 4.72. The third-order valence-corrected chi connectivity index (χ3v) is 5.69. The minimum absolute atomic E-state index is 0.00354. The fourth-order valence-corrected chi connectivity index (χ4v) is 4.35. The SMILES string of the molecule is CC(C)(C)c1ccnc2c1ccn2CC(C)(C)c1ccnc2c1CCC=C2. The van der Waals surface area contributed by atoms with Gasteiger partial charge in [-0.1, -0.05) is 40.7 Å². The summed E-state index contributed by atoms with van der Waals surface area (Å²) in [6.07, 6.45) is 12.7. The van der Waals surface area contributed by atoms with E-state index in [1.807, 2.05) is 12.4 Å². The lowest BCUT2D eigenvalue weighted by Crippen LogP contribution is -2.27. The lowest BCUT2D eigenvalue weighted by atomic mass is 9.79. The van der Waals surface area contributed by atoms with Crippen LogP contribution in [-0.4, -0.2) is 14.5 Å². The van der Waals surface area contributed by atoms with Gasteiger partial charge in [0.25, 0.3) is 0 Å². The quantitative estimate of drug-likeness (QED) is 0.603. The molecule has 0 fully saturated rings. The topological polar surface area (TPSA) is 30.7 Å². The van der Waals surface area contributed by atoms with E-state index in [0.717, 1.165) is 30.7 Å². The summed E-state index contributed by atoms with van der Waals surface area (Å²) in [5, 5.41) is 1.26. The van der Waals surface area contributed by atoms with Gasteiger partial charge in [-0.05, 0) is 59.2 Å². The number of fused-ring (bicyclic) bond motifs is 2. The lowest BCUT2D eigenvalue weighted by Gasteiger charge is -2.30. The Bertz CT molecular complexity index is 1020. The van der Waals surface area contributed by atoms with Crippen LogP contribution in [0, 0.1) is 0 Å². The maximum atomic E-state index is 4.72. The fraction of sp³-hybridized carbons (Fsp3) is 0.417. The van der Waals surface area contributed by atoms with Gasteiger partial charge in [-0.3, -0.25) is 4.98 Å². The summed E-state index contributed by atoms with van der Waals surface area (Å²) in [4.78, 5) is 9.29. The van der Waals surface area contributed by atoms with Crippen LogP contribution >= 0.6 is 0 Å². The molecule has 0 amide bonds. The Morgan fingerprint density at radius 3 is 2.48 bits per heavy atom. The molecule has 0 saturated heterocycles. The molecule has 0 atom stereocenters. The van der Waals surface area contributed by atoms with Gasteiger partial charge in [-0.2, -0.15) is 0 Å². The molecule has 3 nitrogen and oxygen atoms in total. The standard InChI is InChI=1S/C24H29N3/c1-23(2,3)19-10-14-26-22-18(19)12-15-27(22)16-24(4,5)20-11-13-25-21-9-7-6-8-17(20)21/h7,9-15H,6,8,16H2,1-5H3. The number of rotatable bonds is 3. The van der Waals surface area contributed by atoms with Gasteiger partial charge in [0, 0.05) is 35.9 Å². The van der Waals surface area contributed by atoms with Crippen molar-refractivity contribution < 1.29 is 0 Å². The molecule has 0 aromatic carbocycles. The average molecular weight is 360 g/mol. The number of aromatic nitrogens is 3. The zero-order chi connectivity index (χ0) is 19.2. The first-order chi connectivity index (χ1) is 12.8. The second-order valence-corrected chi connectivity index (χ2v) is 9.34. The Hall–Kier alpha value is -2.42. The first-order valence-corrected chi connectivity index (χ1v) is 9.87. The summed E-state index contributed by atoms with van der Waals surface area (Å²) in [5.41, 5.74) is 6.50. The fourth-order valence-electron chi connectivity index (χ4n) is 4.35. The van der Waals surface area contributed by atoms with Crippen LogP contribution in [0.5, 0.6) is 0 Å². The van der Waals surface area contributed by atoms with Gasteiger partial charge in [0.1, 0.15) is 5.65 Å². The van der Waals surface area contributed by atoms with Gasteiger partial charge in [0.2, 0.25) is 0 Å². The molecular formula is C24H29N3. The summed E-state index contributed by atoms with van der Waals surface area (Å²) >= 11 is 0. The van der Waals surface area contributed by atoms with Crippen molar-refractivity contribution in [3.63, 3.8) is 0 Å². The Kier molecular flexibility index (Phi) is 4.21. The molecule has 0 bridgehead atoms. The molecule has 3 aromatic rings. The van der Waals surface area contributed by atoms with E-state index in [0.29, 0.717) is 0 Å². The van der Waals surface area contributed by atoms with Crippen molar-refractivity contribution in [1.82, 2.24) is 14.5 Å². The van der Waals surface area contributed by atoms with E-state index >= 15 is 0 Å². The Morgan fingerprint density at radius 2 is 1.70 bits per heavy atom. The van der Waals surface area contributed by atoms with E-state index < -0.39 is 0 Å². The predicted octanol–water partition coefficient (Wildman–Crippen LogP) is 5.67. The molecule has 3 aromatic heterocycles. The van der Waals surface area contributed by atoms with Gasteiger partial charge >= 0.3 is 0 Å². The van der Waals surface area contributed by atoms with Gasteiger partial charge < -0.3 is 4.57 Å². The van der Waals surface area contributed by atoms with Gasteiger partial charge in [-0.15, -0.1) is 0 Å². The monoisotopic (exact) mass is 359 g/mol. The van der Waals surface area contributed by atoms with E-state index in [4.69, 9.17) is 4.98 Å². The predicted molar refractivity (Wildman–Crippen MR) is 113 cm³/mol. The summed E-state index contributed by atoms with van der Waals surface area (Å²) in [6.45, 7) is 12.4. The van der Waals surface area contributed by atoms with Gasteiger partial charge in [0.15, 0.2) is 0 Å². The van der Waals surface area contributed by atoms with E-state index in [9.17, 15) is 0 Å². The minimum atomic E-state index is 0.00354. The number of hydrogen-bond donors (Lipinski definition) is 0. The molecule has 1 aliphatic rings. The summed E-state index contributed by atoms with van der Waals surface area (Å²) in [6, 6.07) is 6.59. The number of pyridine rings is 2. The van der Waals surface area contributed by atoms with Crippen LogP contribution in [0.3, 0.4) is 0 Å². The van der Waals surface area contributed by atoms with Crippen molar-refractivity contribution in [2.24, 2.45) is 0 Å². The Morgan fingerprint density at radius 1 is 0.963 bits per heavy atom. The summed E-state index contributed by atoms with van der Waals surface area (Å²) in [7, 11) is 0. The molecule has 3 heterocycles. The molecule has 0 N–H and O–H groups in total. The molecule has 140 valence electrons. The van der Waals surface area contributed by atoms with Crippen molar-refractivity contribution in [3.8, 4) is 0 Å². The van der Waals surface area contributed by atoms with E-state index in [-0.39, 0.29) is 10.8 Å². The van der Waals surface area contributed by atoms with Gasteiger partial charge in [-0.25, -0.2) is 4.98 Å². The van der Waals surface area contributed by atoms with Crippen LogP contribution in [0.4, 0.5) is 0 Å². The Labute approximate surface area is 162 Å². The van der Waals surface area contributed by atoms with Crippen molar-refractivity contribution in [2.45, 2.75) is 64.8 Å². The van der Waals surface area contributed by atoms with Gasteiger partial charge in [0.05, 0.1) is 5.69 Å². The third kappa shape index (κ3) is 3.20. The molecule has 0 radical (unpaired) electrons. The van der Waals surface area contributed by atoms with Crippen molar-refractivity contribution in [3.05, 3.63) is 65.2 Å². The van der Waals surface area contributed by atoms with Crippen LogP contribution in [-0.2, 0) is 23.8 Å². The summed E-state index contributed by atoms with van der Waals surface area (Å²) in [5.74, 6) is 0. The first kappa shape index (κ1) is 18.0. The second-order valence-electron chi connectivity index (χ2n) is 9.34. The molecule has 0 spiro atoms. The molecule has 0 aliphatic heterocycles. The molecule has 1 aliphatic carbocycles. The second kappa shape index (κ2) is 6.33. The van der Waals surface area contributed by atoms with E-state index in [2.05, 4.69) is 80.7 Å². The average Bonchev–Trinajstić information content (AvgIpc) is 3.02. The van der Waals surface area contributed by atoms with Crippen LogP contribution in [0.25, 0.3) is 17.1 Å². The summed E-state index contributed by atoms with van der Waals surface area (Å²) < 4.78 is 2.32. The highest BCUT2D eigenvalue weighted by Gasteiger charge is 2.27. The number of hydrogen-bond acceptors (Lipinski definition) is 2. The van der Waals surface area contributed by atoms with E-state index in [1.165, 1.54) is 22.1 Å². The Balaban J connectivity index is 1.75. The van der Waals surface area contributed by atoms with E-state index in [1.54, 1.807) is 0 Å². The molecule has 4 rings (SSSR count). The lowest BCUT2D eigenvalue weighted by molar-refractivity contribution is 0.437. The zero-order valence-corrected chi connectivity index (χ0v) is 17.1. The first-order valence-electron chi connectivity index (χ1n) is 9.87. The molecule has 27 heavy (non-hydrogen) atoms. The highest BCUT2D eigenvalue weighted by molar-refractivity contribution is 5.81. The molecule has 0 unspecified atom stereocenters. The van der Waals surface area contributed by atoms with Crippen molar-refractivity contribution >= 4 is 17.1 Å². The molecule has 3 heteroatoms. The number of nitrogens with zero attached hydrogens (tertiary/aromatic N) is 3. The van der Waals surface area contributed by atoms with Crippen LogP contribution in [0.2, 0.25) is 0 Å².